The van der Waals surface area contributed by atoms with Crippen molar-refractivity contribution in [3.63, 3.8) is 0 Å². The Morgan fingerprint density at radius 2 is 1.93 bits per heavy atom. The van der Waals surface area contributed by atoms with Crippen LogP contribution in [0.25, 0.3) is 11.0 Å². The molecule has 7 nitrogen and oxygen atoms in total. The molecule has 0 radical (unpaired) electrons. The molecule has 1 aromatic heterocycles. The molecular weight excluding hydrogens is 420 g/mol. The van der Waals surface area contributed by atoms with E-state index in [4.69, 9.17) is 0 Å². The number of hydrogen-bond acceptors (Lipinski definition) is 5. The van der Waals surface area contributed by atoms with Crippen LogP contribution in [0, 0.1) is 0 Å². The van der Waals surface area contributed by atoms with Gasteiger partial charge in [-0.25, -0.2) is 13.4 Å². The predicted molar refractivity (Wildman–Crippen MR) is 123 cm³/mol. The second kappa shape index (κ2) is 11.2. The molecule has 0 unspecified atom stereocenters. The minimum Gasteiger partial charge on any atom is -0.353 e. The van der Waals surface area contributed by atoms with E-state index in [1.165, 1.54) is 16.1 Å². The van der Waals surface area contributed by atoms with Crippen LogP contribution in [0.5, 0.6) is 0 Å². The molecule has 1 aromatic carbocycles. The topological polar surface area (TPSA) is 84.3 Å². The molecule has 2 rings (SSSR count). The average Bonchev–Trinajstić information content (AvgIpc) is 3.07. The van der Waals surface area contributed by atoms with Gasteiger partial charge < -0.3 is 9.88 Å². The number of fused-ring (bicyclic) bond motifs is 1. The van der Waals surface area contributed by atoms with Crippen LogP contribution < -0.4 is 5.32 Å². The molecule has 0 aliphatic carbocycles. The van der Waals surface area contributed by atoms with Crippen molar-refractivity contribution in [3.8, 4) is 0 Å². The zero-order valence-electron chi connectivity index (χ0n) is 18.6. The van der Waals surface area contributed by atoms with Gasteiger partial charge in [-0.15, -0.1) is 0 Å². The first-order valence-electron chi connectivity index (χ1n) is 10.7. The van der Waals surface area contributed by atoms with Crippen LogP contribution in [-0.2, 0) is 21.4 Å². The van der Waals surface area contributed by atoms with E-state index in [0.717, 1.165) is 36.5 Å². The largest absolute Gasteiger partial charge is 0.353 e. The third-order valence-electron chi connectivity index (χ3n) is 5.12. The van der Waals surface area contributed by atoms with Gasteiger partial charge in [0.15, 0.2) is 5.16 Å². The first kappa shape index (κ1) is 24.7. The van der Waals surface area contributed by atoms with Gasteiger partial charge in [0.1, 0.15) is 0 Å². The van der Waals surface area contributed by atoms with Crippen LogP contribution >= 0.6 is 11.8 Å². The summed E-state index contributed by atoms with van der Waals surface area (Å²) in [5.74, 6) is 0.262. The molecule has 2 aromatic rings. The van der Waals surface area contributed by atoms with Crippen LogP contribution in [0.1, 0.15) is 53.9 Å². The molecule has 0 saturated heterocycles. The zero-order chi connectivity index (χ0) is 22.3. The van der Waals surface area contributed by atoms with Gasteiger partial charge in [-0.05, 0) is 38.0 Å². The summed E-state index contributed by atoms with van der Waals surface area (Å²) >= 11 is 1.39. The van der Waals surface area contributed by atoms with Gasteiger partial charge in [0, 0.05) is 25.7 Å². The number of benzene rings is 1. The molecule has 0 bridgehead atoms. The van der Waals surface area contributed by atoms with Gasteiger partial charge in [-0.1, -0.05) is 45.9 Å². The number of aromatic nitrogens is 2. The summed E-state index contributed by atoms with van der Waals surface area (Å²) in [6.45, 7) is 11.4. The van der Waals surface area contributed by atoms with E-state index in [-0.39, 0.29) is 22.6 Å². The number of nitrogens with zero attached hydrogens (tertiary/aromatic N) is 3. The maximum atomic E-state index is 12.9. The monoisotopic (exact) mass is 454 g/mol. The van der Waals surface area contributed by atoms with Gasteiger partial charge >= 0.3 is 0 Å². The number of sulfonamides is 1. The SMILES string of the molecule is CCCCn1c(SCC(=O)N[C@@H](C)CC)nc2cc(S(=O)(=O)N(CC)CC)ccc21. The molecule has 0 aliphatic heterocycles. The van der Waals surface area contributed by atoms with Crippen LogP contribution in [-0.4, -0.2) is 53.1 Å². The summed E-state index contributed by atoms with van der Waals surface area (Å²) in [6, 6.07) is 5.28. The summed E-state index contributed by atoms with van der Waals surface area (Å²) in [4.78, 5) is 17.1. The fourth-order valence-electron chi connectivity index (χ4n) is 3.15. The van der Waals surface area contributed by atoms with Crippen molar-refractivity contribution in [3.05, 3.63) is 18.2 Å². The highest BCUT2D eigenvalue weighted by Gasteiger charge is 2.23. The van der Waals surface area contributed by atoms with Crippen LogP contribution in [0.2, 0.25) is 0 Å². The normalized spacial score (nSPS) is 13.1. The molecule has 0 saturated carbocycles. The van der Waals surface area contributed by atoms with Crippen LogP contribution in [0.4, 0.5) is 0 Å². The first-order chi connectivity index (χ1) is 14.3. The van der Waals surface area contributed by atoms with E-state index in [1.807, 2.05) is 33.8 Å². The summed E-state index contributed by atoms with van der Waals surface area (Å²) < 4.78 is 29.3. The Hall–Kier alpha value is -1.58. The maximum absolute atomic E-state index is 12.9. The third kappa shape index (κ3) is 5.76. The summed E-state index contributed by atoms with van der Waals surface area (Å²) in [5.41, 5.74) is 1.54. The van der Waals surface area contributed by atoms with Crippen molar-refractivity contribution in [2.24, 2.45) is 0 Å². The standard InChI is InChI=1S/C21H34N4O3S2/c1-6-10-13-25-19-12-11-17(30(27,28)24(8-3)9-4)14-18(19)23-21(25)29-15-20(26)22-16(5)7-2/h11-12,14,16H,6-10,13,15H2,1-5H3,(H,22,26)/t16-/m0/s1. The van der Waals surface area contributed by atoms with E-state index in [0.29, 0.717) is 18.6 Å². The highest BCUT2D eigenvalue weighted by molar-refractivity contribution is 7.99. The number of imidazole rings is 1. The molecule has 0 fully saturated rings. The van der Waals surface area contributed by atoms with Crippen LogP contribution in [0.15, 0.2) is 28.3 Å². The minimum atomic E-state index is -3.54. The van der Waals surface area contributed by atoms with E-state index in [2.05, 4.69) is 21.8 Å². The average molecular weight is 455 g/mol. The lowest BCUT2D eigenvalue weighted by molar-refractivity contribution is -0.119. The van der Waals surface area contributed by atoms with E-state index < -0.39 is 10.0 Å². The number of carbonyl (C=O) groups excluding carboxylic acids is 1. The van der Waals surface area contributed by atoms with Crippen molar-refractivity contribution in [2.45, 2.75) is 76.5 Å². The lowest BCUT2D eigenvalue weighted by Crippen LogP contribution is -2.33. The van der Waals surface area contributed by atoms with Gasteiger partial charge in [-0.2, -0.15) is 4.31 Å². The molecule has 9 heteroatoms. The van der Waals surface area contributed by atoms with E-state index >= 15 is 0 Å². The first-order valence-corrected chi connectivity index (χ1v) is 13.1. The van der Waals surface area contributed by atoms with Gasteiger partial charge in [0.25, 0.3) is 0 Å². The van der Waals surface area contributed by atoms with Gasteiger partial charge in [0.05, 0.1) is 21.7 Å². The Labute approximate surface area is 184 Å². The second-order valence-corrected chi connectivity index (χ2v) is 10.2. The summed E-state index contributed by atoms with van der Waals surface area (Å²) in [7, 11) is -3.54. The number of hydrogen-bond donors (Lipinski definition) is 1. The van der Waals surface area contributed by atoms with Crippen molar-refractivity contribution >= 4 is 38.7 Å². The molecule has 168 valence electrons. The van der Waals surface area contributed by atoms with Crippen LogP contribution in [0.3, 0.4) is 0 Å². The Bertz CT molecular complexity index is 953. The zero-order valence-corrected chi connectivity index (χ0v) is 20.3. The Balaban J connectivity index is 2.36. The highest BCUT2D eigenvalue weighted by Crippen LogP contribution is 2.27. The van der Waals surface area contributed by atoms with Gasteiger partial charge in [-0.3, -0.25) is 4.79 Å². The maximum Gasteiger partial charge on any atom is 0.243 e. The quantitative estimate of drug-likeness (QED) is 0.492. The minimum absolute atomic E-state index is 0.0201. The molecule has 0 aliphatic rings. The van der Waals surface area contributed by atoms with Crippen molar-refractivity contribution in [1.29, 1.82) is 0 Å². The second-order valence-electron chi connectivity index (χ2n) is 7.30. The molecule has 1 heterocycles. The van der Waals surface area contributed by atoms with Crippen molar-refractivity contribution < 1.29 is 13.2 Å². The number of nitrogens with one attached hydrogen (secondary N) is 1. The number of rotatable bonds is 12. The van der Waals surface area contributed by atoms with Crippen molar-refractivity contribution in [1.82, 2.24) is 19.2 Å². The van der Waals surface area contributed by atoms with E-state index in [9.17, 15) is 13.2 Å². The predicted octanol–water partition coefficient (Wildman–Crippen LogP) is 3.87. The fraction of sp³-hybridized carbons (Fsp3) is 0.619. The Morgan fingerprint density at radius 3 is 2.53 bits per heavy atom. The third-order valence-corrected chi connectivity index (χ3v) is 8.14. The van der Waals surface area contributed by atoms with Gasteiger partial charge in [0.2, 0.25) is 15.9 Å². The summed E-state index contributed by atoms with van der Waals surface area (Å²) in [5, 5.41) is 3.71. The number of amides is 1. The fourth-order valence-corrected chi connectivity index (χ4v) is 5.48. The molecule has 0 spiro atoms. The van der Waals surface area contributed by atoms with E-state index in [1.54, 1.807) is 12.1 Å². The lowest BCUT2D eigenvalue weighted by atomic mass is 10.3. The molecule has 1 amide bonds. The number of unbranched alkanes of at least 4 members (excludes halogenated alkanes) is 1. The number of aryl methyl sites for hydroxylation is 1. The highest BCUT2D eigenvalue weighted by atomic mass is 32.2. The Morgan fingerprint density at radius 1 is 1.23 bits per heavy atom. The Kier molecular flexibility index (Phi) is 9.18. The number of carbonyl (C=O) groups is 1. The smallest absolute Gasteiger partial charge is 0.243 e. The lowest BCUT2D eigenvalue weighted by Gasteiger charge is -2.18. The number of thioether (sulfide) groups is 1. The molecular formula is C21H34N4O3S2. The van der Waals surface area contributed by atoms with Crippen molar-refractivity contribution in [2.75, 3.05) is 18.8 Å². The molecule has 1 N–H and O–H groups in total. The molecule has 30 heavy (non-hydrogen) atoms. The summed E-state index contributed by atoms with van der Waals surface area (Å²) in [6.07, 6.45) is 2.90. The molecule has 1 atom stereocenters.